The molecule has 0 saturated carbocycles. The minimum absolute atomic E-state index is 0.0677. The SMILES string of the molecule is CC(=O)Nc1ccc(NC(=O)/C(C#N)=C\N(C)CCO)cc1. The highest BCUT2D eigenvalue weighted by Crippen LogP contribution is 2.14. The first-order valence-corrected chi connectivity index (χ1v) is 6.58. The van der Waals surface area contributed by atoms with Crippen molar-refractivity contribution in [2.45, 2.75) is 6.92 Å². The van der Waals surface area contributed by atoms with E-state index in [9.17, 15) is 9.59 Å². The van der Waals surface area contributed by atoms with Gasteiger partial charge in [-0.2, -0.15) is 5.26 Å². The number of nitrogens with one attached hydrogen (secondary N) is 2. The highest BCUT2D eigenvalue weighted by molar-refractivity contribution is 6.06. The van der Waals surface area contributed by atoms with Crippen LogP contribution in [0.5, 0.6) is 0 Å². The Morgan fingerprint density at radius 3 is 2.27 bits per heavy atom. The van der Waals surface area contributed by atoms with E-state index in [1.165, 1.54) is 13.1 Å². The Hall–Kier alpha value is -2.85. The molecule has 3 N–H and O–H groups in total. The van der Waals surface area contributed by atoms with E-state index in [1.54, 1.807) is 36.2 Å². The fraction of sp³-hybridized carbons (Fsp3) is 0.267. The van der Waals surface area contributed by atoms with Crippen molar-refractivity contribution in [3.63, 3.8) is 0 Å². The molecule has 1 aromatic carbocycles. The fourth-order valence-corrected chi connectivity index (χ4v) is 1.62. The Bertz CT molecular complexity index is 602. The normalized spacial score (nSPS) is 10.5. The molecule has 0 bridgehead atoms. The summed E-state index contributed by atoms with van der Waals surface area (Å²) in [5, 5.41) is 23.0. The zero-order valence-electron chi connectivity index (χ0n) is 12.5. The molecule has 0 aliphatic heterocycles. The van der Waals surface area contributed by atoms with Crippen molar-refractivity contribution < 1.29 is 14.7 Å². The molecule has 116 valence electrons. The van der Waals surface area contributed by atoms with Gasteiger partial charge in [0.05, 0.1) is 6.61 Å². The average molecular weight is 302 g/mol. The van der Waals surface area contributed by atoms with Crippen molar-refractivity contribution in [1.82, 2.24) is 4.90 Å². The number of amides is 2. The molecule has 0 aliphatic rings. The third-order valence-electron chi connectivity index (χ3n) is 2.63. The van der Waals surface area contributed by atoms with E-state index in [0.717, 1.165) is 0 Å². The number of carbonyl (C=O) groups excluding carboxylic acids is 2. The predicted molar refractivity (Wildman–Crippen MR) is 82.8 cm³/mol. The summed E-state index contributed by atoms with van der Waals surface area (Å²) in [4.78, 5) is 24.5. The summed E-state index contributed by atoms with van der Waals surface area (Å²) in [5.41, 5.74) is 1.05. The van der Waals surface area contributed by atoms with Gasteiger partial charge in [0.25, 0.3) is 5.91 Å². The lowest BCUT2D eigenvalue weighted by Gasteiger charge is -2.12. The number of aliphatic hydroxyl groups is 1. The highest BCUT2D eigenvalue weighted by Gasteiger charge is 2.10. The van der Waals surface area contributed by atoms with Crippen molar-refractivity contribution >= 4 is 23.2 Å². The molecule has 0 heterocycles. The summed E-state index contributed by atoms with van der Waals surface area (Å²) in [6.45, 7) is 1.66. The number of rotatable bonds is 6. The predicted octanol–water partition coefficient (Wildman–Crippen LogP) is 0.915. The molecular weight excluding hydrogens is 284 g/mol. The smallest absolute Gasteiger partial charge is 0.267 e. The molecule has 1 aromatic rings. The van der Waals surface area contributed by atoms with Crippen molar-refractivity contribution in [2.75, 3.05) is 30.8 Å². The summed E-state index contributed by atoms with van der Waals surface area (Å²) < 4.78 is 0. The lowest BCUT2D eigenvalue weighted by molar-refractivity contribution is -0.114. The monoisotopic (exact) mass is 302 g/mol. The molecule has 22 heavy (non-hydrogen) atoms. The number of aliphatic hydroxyl groups excluding tert-OH is 1. The molecule has 0 saturated heterocycles. The molecule has 0 atom stereocenters. The number of likely N-dealkylation sites (N-methyl/N-ethyl adjacent to an activating group) is 1. The van der Waals surface area contributed by atoms with E-state index in [2.05, 4.69) is 10.6 Å². The van der Waals surface area contributed by atoms with E-state index in [1.807, 2.05) is 6.07 Å². The van der Waals surface area contributed by atoms with Crippen LogP contribution in [0.1, 0.15) is 6.92 Å². The Morgan fingerprint density at radius 1 is 1.27 bits per heavy atom. The lowest BCUT2D eigenvalue weighted by Crippen LogP contribution is -2.20. The molecule has 0 fully saturated rings. The molecule has 7 nitrogen and oxygen atoms in total. The van der Waals surface area contributed by atoms with Crippen LogP contribution >= 0.6 is 0 Å². The third kappa shape index (κ3) is 5.64. The van der Waals surface area contributed by atoms with Crippen molar-refractivity contribution in [3.8, 4) is 6.07 Å². The minimum atomic E-state index is -0.542. The Morgan fingerprint density at radius 2 is 1.82 bits per heavy atom. The first-order chi connectivity index (χ1) is 10.5. The molecule has 1 rings (SSSR count). The molecule has 2 amide bonds. The van der Waals surface area contributed by atoms with Crippen LogP contribution in [-0.4, -0.2) is 42.0 Å². The van der Waals surface area contributed by atoms with Crippen LogP contribution in [0.15, 0.2) is 36.0 Å². The van der Waals surface area contributed by atoms with Crippen LogP contribution in [0.4, 0.5) is 11.4 Å². The van der Waals surface area contributed by atoms with Gasteiger partial charge in [-0.25, -0.2) is 0 Å². The van der Waals surface area contributed by atoms with E-state index in [-0.39, 0.29) is 18.1 Å². The van der Waals surface area contributed by atoms with Gasteiger partial charge in [-0.05, 0) is 24.3 Å². The molecule has 0 radical (unpaired) electrons. The van der Waals surface area contributed by atoms with Crippen LogP contribution in [0.25, 0.3) is 0 Å². The van der Waals surface area contributed by atoms with Crippen LogP contribution in [0, 0.1) is 11.3 Å². The second kappa shape index (κ2) is 8.44. The minimum Gasteiger partial charge on any atom is -0.395 e. The summed E-state index contributed by atoms with van der Waals surface area (Å²) >= 11 is 0. The zero-order valence-corrected chi connectivity index (χ0v) is 12.5. The molecule has 0 unspecified atom stereocenters. The molecule has 0 aromatic heterocycles. The van der Waals surface area contributed by atoms with E-state index >= 15 is 0 Å². The number of nitrogens with zero attached hydrogens (tertiary/aromatic N) is 2. The van der Waals surface area contributed by atoms with E-state index in [0.29, 0.717) is 17.9 Å². The first kappa shape index (κ1) is 17.2. The van der Waals surface area contributed by atoms with E-state index in [4.69, 9.17) is 10.4 Å². The van der Waals surface area contributed by atoms with Crippen LogP contribution in [0.2, 0.25) is 0 Å². The van der Waals surface area contributed by atoms with Gasteiger partial charge in [-0.3, -0.25) is 9.59 Å². The molecule has 0 aliphatic carbocycles. The van der Waals surface area contributed by atoms with Gasteiger partial charge in [0, 0.05) is 38.1 Å². The molecular formula is C15H18N4O3. The maximum atomic E-state index is 12.0. The fourth-order valence-electron chi connectivity index (χ4n) is 1.62. The lowest BCUT2D eigenvalue weighted by atomic mass is 10.2. The average Bonchev–Trinajstić information content (AvgIpc) is 2.46. The van der Waals surface area contributed by atoms with Gasteiger partial charge >= 0.3 is 0 Å². The van der Waals surface area contributed by atoms with Gasteiger partial charge in [0.2, 0.25) is 5.91 Å². The van der Waals surface area contributed by atoms with Gasteiger partial charge < -0.3 is 20.6 Å². The quantitative estimate of drug-likeness (QED) is 0.535. The molecule has 7 heteroatoms. The first-order valence-electron chi connectivity index (χ1n) is 6.58. The van der Waals surface area contributed by atoms with E-state index < -0.39 is 5.91 Å². The number of hydrogen-bond acceptors (Lipinski definition) is 5. The summed E-state index contributed by atoms with van der Waals surface area (Å²) in [5.74, 6) is -0.724. The standard InChI is InChI=1S/C15H18N4O3/c1-11(21)17-13-3-5-14(6-4-13)18-15(22)12(9-16)10-19(2)7-8-20/h3-6,10,20H,7-8H2,1-2H3,(H,17,21)(H,18,22)/b12-10-. The van der Waals surface area contributed by atoms with Crippen molar-refractivity contribution in [1.29, 1.82) is 5.26 Å². The van der Waals surface area contributed by atoms with Crippen LogP contribution in [0.3, 0.4) is 0 Å². The summed E-state index contributed by atoms with van der Waals surface area (Å²) in [6, 6.07) is 8.35. The van der Waals surface area contributed by atoms with Gasteiger partial charge in [0.1, 0.15) is 11.6 Å². The molecule has 0 spiro atoms. The second-order valence-corrected chi connectivity index (χ2v) is 4.57. The van der Waals surface area contributed by atoms with Crippen LogP contribution < -0.4 is 10.6 Å². The number of carbonyl (C=O) groups is 2. The maximum Gasteiger partial charge on any atom is 0.267 e. The number of hydrogen-bond donors (Lipinski definition) is 3. The summed E-state index contributed by atoms with van der Waals surface area (Å²) in [7, 11) is 1.66. The van der Waals surface area contributed by atoms with Gasteiger partial charge in [-0.1, -0.05) is 0 Å². The third-order valence-corrected chi connectivity index (χ3v) is 2.63. The number of benzene rings is 1. The zero-order chi connectivity index (χ0) is 16.5. The topological polar surface area (TPSA) is 105 Å². The maximum absolute atomic E-state index is 12.0. The number of anilines is 2. The van der Waals surface area contributed by atoms with Gasteiger partial charge in [0.15, 0.2) is 0 Å². The summed E-state index contributed by atoms with van der Waals surface area (Å²) in [6.07, 6.45) is 1.37. The Balaban J connectivity index is 2.74. The van der Waals surface area contributed by atoms with Gasteiger partial charge in [-0.15, -0.1) is 0 Å². The Kier molecular flexibility index (Phi) is 6.60. The highest BCUT2D eigenvalue weighted by atomic mass is 16.3. The number of nitriles is 1. The van der Waals surface area contributed by atoms with Crippen molar-refractivity contribution in [2.24, 2.45) is 0 Å². The Labute approximate surface area is 128 Å². The van der Waals surface area contributed by atoms with Crippen molar-refractivity contribution in [3.05, 3.63) is 36.0 Å². The van der Waals surface area contributed by atoms with Crippen LogP contribution in [-0.2, 0) is 9.59 Å². The largest absolute Gasteiger partial charge is 0.395 e. The second-order valence-electron chi connectivity index (χ2n) is 4.57.